The summed E-state index contributed by atoms with van der Waals surface area (Å²) in [6, 6.07) is 4.67. The summed E-state index contributed by atoms with van der Waals surface area (Å²) >= 11 is 0. The van der Waals surface area contributed by atoms with Gasteiger partial charge in [-0.1, -0.05) is 26.2 Å². The number of carbonyl (C=O) groups excluding carboxylic acids is 1. The average Bonchev–Trinajstić information content (AvgIpc) is 2.96. The van der Waals surface area contributed by atoms with E-state index in [4.69, 9.17) is 4.74 Å². The topological polar surface area (TPSA) is 62.1 Å². The Kier molecular flexibility index (Phi) is 6.80. The summed E-state index contributed by atoms with van der Waals surface area (Å²) in [5.74, 6) is -1.54. The van der Waals surface area contributed by atoms with Crippen molar-refractivity contribution >= 4 is 11.6 Å². The van der Waals surface area contributed by atoms with Crippen LogP contribution in [0.15, 0.2) is 29.4 Å². The molecule has 5 nitrogen and oxygen atoms in total. The molecular formula is C18H22F4N2O3. The lowest BCUT2D eigenvalue weighted by Crippen LogP contribution is -2.57. The fraction of sp³-hybridized carbons (Fsp3) is 0.556. The summed E-state index contributed by atoms with van der Waals surface area (Å²) in [5.41, 5.74) is -3.25. The highest BCUT2D eigenvalue weighted by Crippen LogP contribution is 2.41. The third-order valence-electron chi connectivity index (χ3n) is 4.23. The van der Waals surface area contributed by atoms with Crippen LogP contribution < -0.4 is 4.74 Å². The lowest BCUT2D eigenvalue weighted by molar-refractivity contribution is -0.302. The third-order valence-corrected chi connectivity index (χ3v) is 4.23. The summed E-state index contributed by atoms with van der Waals surface area (Å²) in [4.78, 5) is 12.2. The molecule has 0 radical (unpaired) electrons. The highest BCUT2D eigenvalue weighted by Gasteiger charge is 2.63. The molecule has 2 rings (SSSR count). The van der Waals surface area contributed by atoms with Crippen molar-refractivity contribution in [3.05, 3.63) is 30.1 Å². The first-order chi connectivity index (χ1) is 12.7. The minimum atomic E-state index is -5.06. The molecule has 1 amide bonds. The van der Waals surface area contributed by atoms with Crippen LogP contribution in [0.4, 0.5) is 17.6 Å². The Morgan fingerprint density at radius 3 is 2.52 bits per heavy atom. The highest BCUT2D eigenvalue weighted by molar-refractivity contribution is 5.91. The SMILES string of the molecule is CCCCCCC1=NN(C(=O)COc2ccc(F)cc2)[C@@](O)(C(F)(F)F)C1. The van der Waals surface area contributed by atoms with Gasteiger partial charge in [0.2, 0.25) is 0 Å². The van der Waals surface area contributed by atoms with Crippen molar-refractivity contribution in [1.82, 2.24) is 5.01 Å². The number of ether oxygens (including phenoxy) is 1. The number of rotatable bonds is 8. The number of unbranched alkanes of at least 4 members (excludes halogenated alkanes) is 3. The quantitative estimate of drug-likeness (QED) is 0.539. The first-order valence-corrected chi connectivity index (χ1v) is 8.74. The molecule has 1 atom stereocenters. The number of hydrogen-bond donors (Lipinski definition) is 1. The second-order valence-electron chi connectivity index (χ2n) is 6.42. The van der Waals surface area contributed by atoms with Gasteiger partial charge in [-0.2, -0.15) is 23.3 Å². The molecule has 0 fully saturated rings. The van der Waals surface area contributed by atoms with Crippen LogP contribution >= 0.6 is 0 Å². The van der Waals surface area contributed by atoms with Crippen molar-refractivity contribution in [3.8, 4) is 5.75 Å². The molecule has 0 aromatic heterocycles. The molecule has 0 unspecified atom stereocenters. The summed E-state index contributed by atoms with van der Waals surface area (Å²) < 4.78 is 58.1. The Balaban J connectivity index is 2.06. The minimum absolute atomic E-state index is 0.0612. The standard InChI is InChI=1S/C18H22F4N2O3/c1-2-3-4-5-6-14-11-17(26,18(20,21)22)24(23-14)16(25)12-27-15-9-7-13(19)8-10-15/h7-10,26H,2-6,11-12H2,1H3/t17-/m0/s1. The predicted octanol–water partition coefficient (Wildman–Crippen LogP) is 4.01. The molecule has 27 heavy (non-hydrogen) atoms. The van der Waals surface area contributed by atoms with Gasteiger partial charge in [-0.05, 0) is 37.1 Å². The minimum Gasteiger partial charge on any atom is -0.484 e. The molecule has 0 saturated heterocycles. The van der Waals surface area contributed by atoms with E-state index < -0.39 is 36.7 Å². The molecule has 1 aliphatic rings. The number of alkyl halides is 3. The van der Waals surface area contributed by atoms with Crippen LogP contribution in [0.2, 0.25) is 0 Å². The van der Waals surface area contributed by atoms with Gasteiger partial charge < -0.3 is 9.84 Å². The van der Waals surface area contributed by atoms with Crippen molar-refractivity contribution < 1.29 is 32.2 Å². The fourth-order valence-corrected chi connectivity index (χ4v) is 2.73. The normalized spacial score (nSPS) is 19.9. The van der Waals surface area contributed by atoms with Crippen molar-refractivity contribution in [2.75, 3.05) is 6.61 Å². The second kappa shape index (κ2) is 8.69. The van der Waals surface area contributed by atoms with Gasteiger partial charge in [0.1, 0.15) is 11.6 Å². The number of hydrogen-bond acceptors (Lipinski definition) is 4. The smallest absolute Gasteiger partial charge is 0.438 e. The molecule has 1 aromatic rings. The number of benzene rings is 1. The van der Waals surface area contributed by atoms with Gasteiger partial charge in [0.25, 0.3) is 11.6 Å². The number of halogens is 4. The number of amides is 1. The van der Waals surface area contributed by atoms with Crippen LogP contribution in [0.25, 0.3) is 0 Å². The van der Waals surface area contributed by atoms with Gasteiger partial charge in [0.05, 0.1) is 0 Å². The van der Waals surface area contributed by atoms with Crippen LogP contribution in [-0.4, -0.2) is 40.2 Å². The summed E-state index contributed by atoms with van der Waals surface area (Å²) in [6.45, 7) is 1.24. The van der Waals surface area contributed by atoms with Crippen molar-refractivity contribution in [2.24, 2.45) is 5.10 Å². The van der Waals surface area contributed by atoms with Gasteiger partial charge >= 0.3 is 6.18 Å². The zero-order chi connectivity index (χ0) is 20.1. The van der Waals surface area contributed by atoms with E-state index in [9.17, 15) is 27.5 Å². The molecule has 150 valence electrons. The van der Waals surface area contributed by atoms with Gasteiger partial charge in [-0.25, -0.2) is 4.39 Å². The zero-order valence-corrected chi connectivity index (χ0v) is 14.9. The van der Waals surface area contributed by atoms with Gasteiger partial charge in [0.15, 0.2) is 6.61 Å². The van der Waals surface area contributed by atoms with E-state index in [0.717, 1.165) is 31.4 Å². The van der Waals surface area contributed by atoms with Crippen LogP contribution in [0.3, 0.4) is 0 Å². The highest BCUT2D eigenvalue weighted by atomic mass is 19.4. The maximum absolute atomic E-state index is 13.4. The molecule has 0 spiro atoms. The average molecular weight is 390 g/mol. The predicted molar refractivity (Wildman–Crippen MR) is 90.6 cm³/mol. The van der Waals surface area contributed by atoms with E-state index in [1.165, 1.54) is 12.1 Å². The van der Waals surface area contributed by atoms with E-state index in [2.05, 4.69) is 5.10 Å². The molecular weight excluding hydrogens is 368 g/mol. The molecule has 0 saturated carbocycles. The van der Waals surface area contributed by atoms with E-state index in [1.807, 2.05) is 6.92 Å². The maximum atomic E-state index is 13.4. The first-order valence-electron chi connectivity index (χ1n) is 8.74. The van der Waals surface area contributed by atoms with E-state index in [-0.39, 0.29) is 22.9 Å². The van der Waals surface area contributed by atoms with E-state index in [0.29, 0.717) is 6.42 Å². The number of aliphatic hydroxyl groups is 1. The lowest BCUT2D eigenvalue weighted by Gasteiger charge is -2.32. The Hall–Kier alpha value is -2.16. The lowest BCUT2D eigenvalue weighted by atomic mass is 10.0. The van der Waals surface area contributed by atoms with Crippen molar-refractivity contribution in [2.45, 2.75) is 57.3 Å². The van der Waals surface area contributed by atoms with Crippen LogP contribution in [0.5, 0.6) is 5.75 Å². The summed E-state index contributed by atoms with van der Waals surface area (Å²) in [7, 11) is 0. The summed E-state index contributed by atoms with van der Waals surface area (Å²) in [6.07, 6.45) is -2.16. The molecule has 0 aliphatic carbocycles. The Bertz CT molecular complexity index is 676. The zero-order valence-electron chi connectivity index (χ0n) is 14.9. The first kappa shape index (κ1) is 21.1. The molecule has 1 heterocycles. The third kappa shape index (κ3) is 5.18. The van der Waals surface area contributed by atoms with Crippen LogP contribution in [0.1, 0.15) is 45.4 Å². The number of carbonyl (C=O) groups is 1. The number of nitrogens with zero attached hydrogens (tertiary/aromatic N) is 2. The van der Waals surface area contributed by atoms with Crippen molar-refractivity contribution in [3.63, 3.8) is 0 Å². The Labute approximate surface area is 154 Å². The molecule has 1 aliphatic heterocycles. The largest absolute Gasteiger partial charge is 0.484 e. The Morgan fingerprint density at radius 2 is 1.93 bits per heavy atom. The Morgan fingerprint density at radius 1 is 1.26 bits per heavy atom. The van der Waals surface area contributed by atoms with Gasteiger partial charge in [-0.3, -0.25) is 4.79 Å². The van der Waals surface area contributed by atoms with Crippen LogP contribution in [-0.2, 0) is 4.79 Å². The molecule has 9 heteroatoms. The fourth-order valence-electron chi connectivity index (χ4n) is 2.73. The molecule has 1 N–H and O–H groups in total. The maximum Gasteiger partial charge on any atom is 0.438 e. The number of hydrazone groups is 1. The second-order valence-corrected chi connectivity index (χ2v) is 6.42. The van der Waals surface area contributed by atoms with E-state index in [1.54, 1.807) is 0 Å². The van der Waals surface area contributed by atoms with Crippen molar-refractivity contribution in [1.29, 1.82) is 0 Å². The molecule has 1 aromatic carbocycles. The summed E-state index contributed by atoms with van der Waals surface area (Å²) in [5, 5.41) is 13.9. The van der Waals surface area contributed by atoms with Crippen LogP contribution in [0, 0.1) is 5.82 Å². The van der Waals surface area contributed by atoms with Gasteiger partial charge in [-0.15, -0.1) is 0 Å². The van der Waals surface area contributed by atoms with E-state index >= 15 is 0 Å². The van der Waals surface area contributed by atoms with Gasteiger partial charge in [0, 0.05) is 12.1 Å². The molecule has 0 bridgehead atoms. The monoisotopic (exact) mass is 390 g/mol.